The molecule has 1 aromatic rings. The van der Waals surface area contributed by atoms with Crippen molar-refractivity contribution in [2.24, 2.45) is 0 Å². The number of rotatable bonds is 8. The molecule has 0 atom stereocenters. The minimum Gasteiger partial charge on any atom is -0.395 e. The van der Waals surface area contributed by atoms with E-state index in [0.29, 0.717) is 26.1 Å². The van der Waals surface area contributed by atoms with Gasteiger partial charge in [0, 0.05) is 26.7 Å². The molecule has 0 aromatic heterocycles. The average Bonchev–Trinajstić information content (AvgIpc) is 2.46. The van der Waals surface area contributed by atoms with E-state index in [9.17, 15) is 4.79 Å². The summed E-state index contributed by atoms with van der Waals surface area (Å²) in [5, 5.41) is 17.6. The molecule has 0 radical (unpaired) electrons. The zero-order chi connectivity index (χ0) is 14.8. The Morgan fingerprint density at radius 2 is 2.00 bits per heavy atom. The number of carbonyl (C=O) groups excluding carboxylic acids is 1. The first-order valence-corrected chi connectivity index (χ1v) is 6.65. The monoisotopic (exact) mass is 275 g/mol. The summed E-state index contributed by atoms with van der Waals surface area (Å²) in [4.78, 5) is 15.5. The predicted molar refractivity (Wildman–Crippen MR) is 76.7 cm³/mol. The number of benzene rings is 1. The number of carbonyl (C=O) groups is 1. The molecule has 0 aliphatic carbocycles. The fourth-order valence-electron chi connectivity index (χ4n) is 1.85. The highest BCUT2D eigenvalue weighted by molar-refractivity contribution is 5.78. The lowest BCUT2D eigenvalue weighted by Gasteiger charge is -2.24. The van der Waals surface area contributed by atoms with Crippen LogP contribution >= 0.6 is 0 Å². The van der Waals surface area contributed by atoms with Crippen LogP contribution in [0.5, 0.6) is 0 Å². The van der Waals surface area contributed by atoms with Crippen molar-refractivity contribution in [3.63, 3.8) is 0 Å². The molecule has 0 aliphatic heterocycles. The third kappa shape index (κ3) is 5.83. The van der Waals surface area contributed by atoms with Gasteiger partial charge in [-0.05, 0) is 5.56 Å². The summed E-state index contributed by atoms with van der Waals surface area (Å²) in [6, 6.07) is 11.9. The van der Waals surface area contributed by atoms with Gasteiger partial charge in [0.15, 0.2) is 0 Å². The first-order valence-electron chi connectivity index (χ1n) is 6.65. The summed E-state index contributed by atoms with van der Waals surface area (Å²) in [6.45, 7) is 1.78. The quantitative estimate of drug-likeness (QED) is 0.764. The van der Waals surface area contributed by atoms with E-state index in [1.165, 1.54) is 0 Å². The van der Waals surface area contributed by atoms with Gasteiger partial charge in [-0.3, -0.25) is 9.69 Å². The standard InChI is InChI=1S/C15H21N3O2/c1-17(9-5-8-16)15(20)13-18(10-11-19)12-14-6-3-2-4-7-14/h2-4,6-7,19H,5,9-13H2,1H3. The zero-order valence-corrected chi connectivity index (χ0v) is 11.8. The highest BCUT2D eigenvalue weighted by Crippen LogP contribution is 2.04. The summed E-state index contributed by atoms with van der Waals surface area (Å²) in [5.74, 6) is -0.0374. The van der Waals surface area contributed by atoms with E-state index >= 15 is 0 Å². The second-order valence-corrected chi connectivity index (χ2v) is 4.64. The topological polar surface area (TPSA) is 67.6 Å². The zero-order valence-electron chi connectivity index (χ0n) is 11.8. The minimum atomic E-state index is -0.0374. The van der Waals surface area contributed by atoms with Crippen LogP contribution in [-0.2, 0) is 11.3 Å². The van der Waals surface area contributed by atoms with E-state index in [-0.39, 0.29) is 19.1 Å². The molecule has 0 spiro atoms. The first-order chi connectivity index (χ1) is 9.67. The van der Waals surface area contributed by atoms with E-state index in [2.05, 4.69) is 0 Å². The molecule has 5 nitrogen and oxygen atoms in total. The lowest BCUT2D eigenvalue weighted by molar-refractivity contribution is -0.131. The maximum absolute atomic E-state index is 12.0. The molecular weight excluding hydrogens is 254 g/mol. The maximum atomic E-state index is 12.0. The average molecular weight is 275 g/mol. The van der Waals surface area contributed by atoms with Gasteiger partial charge in [-0.1, -0.05) is 30.3 Å². The van der Waals surface area contributed by atoms with Crippen molar-refractivity contribution in [2.75, 3.05) is 33.3 Å². The van der Waals surface area contributed by atoms with Crippen LogP contribution in [0.1, 0.15) is 12.0 Å². The Hall–Kier alpha value is -1.90. The van der Waals surface area contributed by atoms with Gasteiger partial charge in [0.1, 0.15) is 0 Å². The van der Waals surface area contributed by atoms with Gasteiger partial charge in [0.05, 0.1) is 25.6 Å². The van der Waals surface area contributed by atoms with Crippen molar-refractivity contribution in [1.29, 1.82) is 5.26 Å². The molecule has 0 unspecified atom stereocenters. The lowest BCUT2D eigenvalue weighted by Crippen LogP contribution is -2.39. The third-order valence-corrected chi connectivity index (χ3v) is 3.01. The highest BCUT2D eigenvalue weighted by atomic mass is 16.3. The molecule has 20 heavy (non-hydrogen) atoms. The number of hydrogen-bond donors (Lipinski definition) is 1. The summed E-state index contributed by atoms with van der Waals surface area (Å²) < 4.78 is 0. The summed E-state index contributed by atoms with van der Waals surface area (Å²) in [5.41, 5.74) is 1.11. The predicted octanol–water partition coefficient (Wildman–Crippen LogP) is 0.853. The van der Waals surface area contributed by atoms with E-state index in [1.54, 1.807) is 11.9 Å². The van der Waals surface area contributed by atoms with Crippen molar-refractivity contribution in [3.8, 4) is 6.07 Å². The molecule has 1 aromatic carbocycles. The van der Waals surface area contributed by atoms with Crippen molar-refractivity contribution in [1.82, 2.24) is 9.80 Å². The normalized spacial score (nSPS) is 10.3. The van der Waals surface area contributed by atoms with Gasteiger partial charge in [-0.25, -0.2) is 0 Å². The van der Waals surface area contributed by atoms with E-state index in [1.807, 2.05) is 41.3 Å². The minimum absolute atomic E-state index is 0.0159. The smallest absolute Gasteiger partial charge is 0.236 e. The van der Waals surface area contributed by atoms with Crippen LogP contribution in [0.15, 0.2) is 30.3 Å². The maximum Gasteiger partial charge on any atom is 0.236 e. The number of aliphatic hydroxyl groups is 1. The van der Waals surface area contributed by atoms with Crippen LogP contribution in [0.2, 0.25) is 0 Å². The SMILES string of the molecule is CN(CCC#N)C(=O)CN(CCO)Cc1ccccc1. The number of aliphatic hydroxyl groups excluding tert-OH is 1. The van der Waals surface area contributed by atoms with Crippen molar-refractivity contribution in [2.45, 2.75) is 13.0 Å². The Bertz CT molecular complexity index is 442. The molecule has 0 bridgehead atoms. The molecule has 0 saturated heterocycles. The molecule has 108 valence electrons. The first kappa shape index (κ1) is 16.2. The number of nitriles is 1. The van der Waals surface area contributed by atoms with E-state index in [4.69, 9.17) is 10.4 Å². The molecular formula is C15H21N3O2. The number of amides is 1. The number of hydrogen-bond acceptors (Lipinski definition) is 4. The van der Waals surface area contributed by atoms with Gasteiger partial charge in [0.25, 0.3) is 0 Å². The van der Waals surface area contributed by atoms with Crippen molar-refractivity contribution < 1.29 is 9.90 Å². The Morgan fingerprint density at radius 3 is 2.60 bits per heavy atom. The van der Waals surface area contributed by atoms with Crippen molar-refractivity contribution in [3.05, 3.63) is 35.9 Å². The molecule has 0 heterocycles. The highest BCUT2D eigenvalue weighted by Gasteiger charge is 2.14. The van der Waals surface area contributed by atoms with Gasteiger partial charge >= 0.3 is 0 Å². The Kier molecular flexibility index (Phi) is 7.33. The van der Waals surface area contributed by atoms with Crippen LogP contribution in [0.4, 0.5) is 0 Å². The number of nitrogens with zero attached hydrogens (tertiary/aromatic N) is 3. The summed E-state index contributed by atoms with van der Waals surface area (Å²) in [7, 11) is 1.69. The lowest BCUT2D eigenvalue weighted by atomic mass is 10.2. The van der Waals surface area contributed by atoms with Crippen LogP contribution < -0.4 is 0 Å². The molecule has 0 aliphatic rings. The second kappa shape index (κ2) is 9.08. The largest absolute Gasteiger partial charge is 0.395 e. The number of likely N-dealkylation sites (N-methyl/N-ethyl adjacent to an activating group) is 1. The molecule has 1 N–H and O–H groups in total. The summed E-state index contributed by atoms with van der Waals surface area (Å²) in [6.07, 6.45) is 0.334. The van der Waals surface area contributed by atoms with Crippen molar-refractivity contribution >= 4 is 5.91 Å². The van der Waals surface area contributed by atoms with Gasteiger partial charge in [-0.15, -0.1) is 0 Å². The summed E-state index contributed by atoms with van der Waals surface area (Å²) >= 11 is 0. The van der Waals surface area contributed by atoms with Crippen LogP contribution in [0, 0.1) is 11.3 Å². The third-order valence-electron chi connectivity index (χ3n) is 3.01. The van der Waals surface area contributed by atoms with E-state index in [0.717, 1.165) is 5.56 Å². The molecule has 0 saturated carbocycles. The molecule has 0 fully saturated rings. The fourth-order valence-corrected chi connectivity index (χ4v) is 1.85. The molecule has 1 rings (SSSR count). The van der Waals surface area contributed by atoms with Gasteiger partial charge < -0.3 is 10.0 Å². The molecule has 1 amide bonds. The van der Waals surface area contributed by atoms with E-state index < -0.39 is 0 Å². The van der Waals surface area contributed by atoms with Crippen LogP contribution in [0.25, 0.3) is 0 Å². The Balaban J connectivity index is 2.54. The Morgan fingerprint density at radius 1 is 1.30 bits per heavy atom. The molecule has 5 heteroatoms. The second-order valence-electron chi connectivity index (χ2n) is 4.64. The van der Waals surface area contributed by atoms with Gasteiger partial charge in [0.2, 0.25) is 5.91 Å². The van der Waals surface area contributed by atoms with Gasteiger partial charge in [-0.2, -0.15) is 5.26 Å². The van der Waals surface area contributed by atoms with Crippen LogP contribution in [-0.4, -0.2) is 54.1 Å². The Labute approximate surface area is 120 Å². The fraction of sp³-hybridized carbons (Fsp3) is 0.467. The van der Waals surface area contributed by atoms with Crippen LogP contribution in [0.3, 0.4) is 0 Å².